The minimum absolute atomic E-state index is 0.0123. The predicted octanol–water partition coefficient (Wildman–Crippen LogP) is 2.24. The number of rotatable bonds is 3. The van der Waals surface area contributed by atoms with Crippen LogP contribution < -0.4 is 13.9 Å². The van der Waals surface area contributed by atoms with Gasteiger partial charge in [-0.1, -0.05) is 36.4 Å². The van der Waals surface area contributed by atoms with E-state index in [9.17, 15) is 8.42 Å². The summed E-state index contributed by atoms with van der Waals surface area (Å²) in [6, 6.07) is 14.9. The highest BCUT2D eigenvalue weighted by Gasteiger charge is 2.34. The average Bonchev–Trinajstić information content (AvgIpc) is 2.56. The Balaban J connectivity index is 1.73. The summed E-state index contributed by atoms with van der Waals surface area (Å²) in [5.41, 5.74) is 2.43. The summed E-state index contributed by atoms with van der Waals surface area (Å²) in [6.45, 7) is 2.62. The molecule has 2 aliphatic rings. The fourth-order valence-electron chi connectivity index (χ4n) is 3.23. The lowest BCUT2D eigenvalue weighted by Crippen LogP contribution is -2.47. The van der Waals surface area contributed by atoms with Crippen LogP contribution in [0.3, 0.4) is 0 Å². The topological polar surface area (TPSA) is 49.9 Å². The summed E-state index contributed by atoms with van der Waals surface area (Å²) < 4.78 is 33.0. The first kappa shape index (κ1) is 14.4. The smallest absolute Gasteiger partial charge is 0.239 e. The summed E-state index contributed by atoms with van der Waals surface area (Å²) in [5, 5.41) is 0. The largest absolute Gasteiger partial charge is 0.489 e. The van der Waals surface area contributed by atoms with E-state index in [1.807, 2.05) is 48.5 Å². The Labute approximate surface area is 136 Å². The highest BCUT2D eigenvalue weighted by atomic mass is 32.2. The van der Waals surface area contributed by atoms with Gasteiger partial charge in [0.1, 0.15) is 18.0 Å². The maximum Gasteiger partial charge on any atom is 0.239 e. The van der Waals surface area contributed by atoms with Gasteiger partial charge in [0.25, 0.3) is 0 Å². The molecule has 0 aliphatic carbocycles. The van der Waals surface area contributed by atoms with E-state index >= 15 is 0 Å². The molecule has 0 amide bonds. The van der Waals surface area contributed by atoms with Gasteiger partial charge in [0.05, 0.1) is 24.5 Å². The number of hydrogen-bond donors (Lipinski definition) is 0. The average molecular weight is 330 g/mol. The Morgan fingerprint density at radius 2 is 1.78 bits per heavy atom. The molecule has 2 aromatic rings. The van der Waals surface area contributed by atoms with Crippen LogP contribution in [0.25, 0.3) is 0 Å². The number of benzene rings is 2. The summed E-state index contributed by atoms with van der Waals surface area (Å²) in [5.74, 6) is 0.784. The zero-order valence-electron chi connectivity index (χ0n) is 12.7. The van der Waals surface area contributed by atoms with Crippen LogP contribution in [0.15, 0.2) is 48.5 Å². The third-order valence-corrected chi connectivity index (χ3v) is 6.03. The van der Waals surface area contributed by atoms with Crippen LogP contribution >= 0.6 is 0 Å². The molecular weight excluding hydrogens is 312 g/mol. The quantitative estimate of drug-likeness (QED) is 0.866. The van der Waals surface area contributed by atoms with Gasteiger partial charge in [-0.3, -0.25) is 4.31 Å². The van der Waals surface area contributed by atoms with E-state index in [0.717, 1.165) is 29.2 Å². The first-order chi connectivity index (χ1) is 11.1. The molecule has 6 heteroatoms. The van der Waals surface area contributed by atoms with E-state index in [-0.39, 0.29) is 5.75 Å². The molecule has 0 atom stereocenters. The number of sulfonamides is 1. The minimum atomic E-state index is -3.42. The maximum atomic E-state index is 12.9. The SMILES string of the molecule is O=S(=O)(Cc1ccccc1)N1CCN2CCOc3cccc1c32. The van der Waals surface area contributed by atoms with Crippen LogP contribution in [0.4, 0.5) is 11.4 Å². The van der Waals surface area contributed by atoms with Crippen molar-refractivity contribution in [1.29, 1.82) is 0 Å². The summed E-state index contributed by atoms with van der Waals surface area (Å²) in [7, 11) is -3.42. The fourth-order valence-corrected chi connectivity index (χ4v) is 4.81. The van der Waals surface area contributed by atoms with Gasteiger partial charge < -0.3 is 9.64 Å². The van der Waals surface area contributed by atoms with Crippen LogP contribution in [-0.4, -0.2) is 34.7 Å². The Bertz CT molecular complexity index is 821. The molecule has 2 aromatic carbocycles. The molecule has 0 N–H and O–H groups in total. The molecule has 0 bridgehead atoms. The van der Waals surface area contributed by atoms with Crippen LogP contribution in [0.1, 0.15) is 5.56 Å². The second-order valence-corrected chi connectivity index (χ2v) is 7.67. The van der Waals surface area contributed by atoms with E-state index < -0.39 is 10.0 Å². The van der Waals surface area contributed by atoms with Crippen molar-refractivity contribution in [3.63, 3.8) is 0 Å². The normalized spacial score (nSPS) is 16.7. The van der Waals surface area contributed by atoms with Gasteiger partial charge in [-0.2, -0.15) is 0 Å². The van der Waals surface area contributed by atoms with Crippen molar-refractivity contribution in [3.05, 3.63) is 54.1 Å². The van der Waals surface area contributed by atoms with E-state index in [1.165, 1.54) is 4.31 Å². The highest BCUT2D eigenvalue weighted by molar-refractivity contribution is 7.92. The molecule has 5 nitrogen and oxygen atoms in total. The number of para-hydroxylation sites is 1. The van der Waals surface area contributed by atoms with Crippen LogP contribution in [0, 0.1) is 0 Å². The first-order valence-corrected chi connectivity index (χ1v) is 9.31. The van der Waals surface area contributed by atoms with E-state index in [1.54, 1.807) is 0 Å². The van der Waals surface area contributed by atoms with Crippen molar-refractivity contribution in [2.45, 2.75) is 5.75 Å². The Kier molecular flexibility index (Phi) is 3.41. The minimum Gasteiger partial charge on any atom is -0.489 e. The number of hydrogen-bond acceptors (Lipinski definition) is 4. The maximum absolute atomic E-state index is 12.9. The van der Waals surface area contributed by atoms with Gasteiger partial charge in [0, 0.05) is 6.54 Å². The summed E-state index contributed by atoms with van der Waals surface area (Å²) >= 11 is 0. The van der Waals surface area contributed by atoms with Gasteiger partial charge >= 0.3 is 0 Å². The standard InChI is InChI=1S/C17H18N2O3S/c20-23(21,13-14-5-2-1-3-6-14)19-10-9-18-11-12-22-16-8-4-7-15(19)17(16)18/h1-8H,9-13H2. The summed E-state index contributed by atoms with van der Waals surface area (Å²) in [6.07, 6.45) is 0. The second-order valence-electron chi connectivity index (χ2n) is 5.77. The molecule has 0 radical (unpaired) electrons. The molecule has 0 fully saturated rings. The van der Waals surface area contributed by atoms with Gasteiger partial charge in [0.2, 0.25) is 10.0 Å². The molecule has 2 heterocycles. The fraction of sp³-hybridized carbons (Fsp3) is 0.294. The first-order valence-electron chi connectivity index (χ1n) is 7.70. The monoisotopic (exact) mass is 330 g/mol. The zero-order chi connectivity index (χ0) is 15.9. The Morgan fingerprint density at radius 3 is 2.61 bits per heavy atom. The third-order valence-electron chi connectivity index (χ3n) is 4.28. The molecule has 0 saturated heterocycles. The number of ether oxygens (including phenoxy) is 1. The van der Waals surface area contributed by atoms with Crippen molar-refractivity contribution in [3.8, 4) is 5.75 Å². The highest BCUT2D eigenvalue weighted by Crippen LogP contribution is 2.43. The number of anilines is 2. The molecule has 4 rings (SSSR count). The lowest BCUT2D eigenvalue weighted by Gasteiger charge is -2.41. The predicted molar refractivity (Wildman–Crippen MR) is 90.6 cm³/mol. The molecule has 2 aliphatic heterocycles. The molecule has 0 saturated carbocycles. The Hall–Kier alpha value is -2.21. The molecule has 0 aromatic heterocycles. The molecule has 120 valence electrons. The van der Waals surface area contributed by atoms with Gasteiger partial charge in [-0.05, 0) is 17.7 Å². The van der Waals surface area contributed by atoms with Crippen LogP contribution in [0.5, 0.6) is 5.75 Å². The number of nitrogens with zero attached hydrogens (tertiary/aromatic N) is 2. The van der Waals surface area contributed by atoms with Crippen molar-refractivity contribution >= 4 is 21.4 Å². The Morgan fingerprint density at radius 1 is 0.957 bits per heavy atom. The van der Waals surface area contributed by atoms with Crippen molar-refractivity contribution < 1.29 is 13.2 Å². The lowest BCUT2D eigenvalue weighted by molar-refractivity contribution is 0.307. The van der Waals surface area contributed by atoms with E-state index in [2.05, 4.69) is 4.90 Å². The molecular formula is C17H18N2O3S. The van der Waals surface area contributed by atoms with Gasteiger partial charge in [0.15, 0.2) is 0 Å². The lowest BCUT2D eigenvalue weighted by atomic mass is 10.1. The second kappa shape index (κ2) is 5.45. The van der Waals surface area contributed by atoms with Crippen LogP contribution in [0.2, 0.25) is 0 Å². The molecule has 23 heavy (non-hydrogen) atoms. The zero-order valence-corrected chi connectivity index (χ0v) is 13.5. The van der Waals surface area contributed by atoms with Gasteiger partial charge in [-0.25, -0.2) is 8.42 Å². The van der Waals surface area contributed by atoms with Crippen molar-refractivity contribution in [1.82, 2.24) is 0 Å². The summed E-state index contributed by atoms with van der Waals surface area (Å²) in [4.78, 5) is 2.21. The van der Waals surface area contributed by atoms with Crippen LogP contribution in [-0.2, 0) is 15.8 Å². The van der Waals surface area contributed by atoms with Crippen molar-refractivity contribution in [2.24, 2.45) is 0 Å². The molecule has 0 spiro atoms. The van der Waals surface area contributed by atoms with E-state index in [0.29, 0.717) is 19.7 Å². The molecule has 0 unspecified atom stereocenters. The van der Waals surface area contributed by atoms with E-state index in [4.69, 9.17) is 4.74 Å². The van der Waals surface area contributed by atoms with Gasteiger partial charge in [-0.15, -0.1) is 0 Å². The van der Waals surface area contributed by atoms with Crippen molar-refractivity contribution in [2.75, 3.05) is 35.4 Å². The third kappa shape index (κ3) is 2.53.